The van der Waals surface area contributed by atoms with Crippen LogP contribution in [-0.2, 0) is 16.8 Å². The van der Waals surface area contributed by atoms with E-state index in [1.54, 1.807) is 0 Å². The molecule has 3 aromatic carbocycles. The number of benzene rings is 3. The van der Waals surface area contributed by atoms with Crippen LogP contribution >= 0.6 is 15.9 Å². The van der Waals surface area contributed by atoms with Gasteiger partial charge in [-0.3, -0.25) is 4.90 Å². The van der Waals surface area contributed by atoms with Crippen molar-refractivity contribution in [2.75, 3.05) is 13.1 Å². The average molecular weight is 518 g/mol. The van der Waals surface area contributed by atoms with Gasteiger partial charge in [-0.25, -0.2) is 0 Å². The van der Waals surface area contributed by atoms with Gasteiger partial charge in [0.2, 0.25) is 0 Å². The van der Waals surface area contributed by atoms with Gasteiger partial charge in [0.05, 0.1) is 18.8 Å². The van der Waals surface area contributed by atoms with Crippen LogP contribution < -0.4 is 0 Å². The number of hydrogen-bond donors (Lipinski definition) is 0. The molecule has 3 aromatic rings. The first kappa shape index (κ1) is 24.7. The summed E-state index contributed by atoms with van der Waals surface area (Å²) in [5.41, 5.74) is 2.65. The number of nitriles is 1. The van der Waals surface area contributed by atoms with E-state index in [4.69, 9.17) is 4.74 Å². The van der Waals surface area contributed by atoms with Crippen LogP contribution in [0.3, 0.4) is 0 Å². The molecule has 0 amide bonds. The van der Waals surface area contributed by atoms with Gasteiger partial charge in [-0.2, -0.15) is 5.26 Å². The summed E-state index contributed by atoms with van der Waals surface area (Å²) in [5.74, 6) is 0. The number of ether oxygens (including phenoxy) is 1. The Morgan fingerprint density at radius 3 is 2.06 bits per heavy atom. The van der Waals surface area contributed by atoms with Gasteiger partial charge >= 0.3 is 0 Å². The topological polar surface area (TPSA) is 36.3 Å². The maximum absolute atomic E-state index is 10.5. The zero-order valence-electron chi connectivity index (χ0n) is 20.1. The molecule has 34 heavy (non-hydrogen) atoms. The third-order valence-electron chi connectivity index (χ3n) is 7.24. The Morgan fingerprint density at radius 1 is 0.912 bits per heavy atom. The molecule has 0 unspecified atom stereocenters. The second-order valence-corrected chi connectivity index (χ2v) is 10.8. The molecule has 1 atom stereocenters. The molecule has 0 aliphatic carbocycles. The summed E-state index contributed by atoms with van der Waals surface area (Å²) in [5, 5.41) is 10.5. The summed E-state index contributed by atoms with van der Waals surface area (Å²) in [6.07, 6.45) is 2.97. The summed E-state index contributed by atoms with van der Waals surface area (Å²) < 4.78 is 7.34. The lowest BCUT2D eigenvalue weighted by Gasteiger charge is -2.38. The van der Waals surface area contributed by atoms with Gasteiger partial charge in [-0.15, -0.1) is 0 Å². The molecule has 1 saturated heterocycles. The third-order valence-corrected chi connectivity index (χ3v) is 7.76. The van der Waals surface area contributed by atoms with E-state index in [9.17, 15) is 5.26 Å². The lowest BCUT2D eigenvalue weighted by molar-refractivity contribution is 0.0341. The largest absolute Gasteiger partial charge is 0.372 e. The van der Waals surface area contributed by atoms with E-state index >= 15 is 0 Å². The normalized spacial score (nSPS) is 16.9. The number of hydrogen-bond acceptors (Lipinski definition) is 3. The number of likely N-dealkylation sites (tertiary alicyclic amines) is 1. The van der Waals surface area contributed by atoms with Gasteiger partial charge in [0.1, 0.15) is 5.41 Å². The van der Waals surface area contributed by atoms with Gasteiger partial charge in [-0.1, -0.05) is 88.7 Å². The fraction of sp³-hybridized carbons (Fsp3) is 0.367. The number of halogens is 1. The molecule has 0 aromatic heterocycles. The first-order valence-electron chi connectivity index (χ1n) is 12.1. The van der Waals surface area contributed by atoms with Crippen molar-refractivity contribution in [3.8, 4) is 6.07 Å². The summed E-state index contributed by atoms with van der Waals surface area (Å²) in [6, 6.07) is 31.6. The fourth-order valence-corrected chi connectivity index (χ4v) is 5.21. The second kappa shape index (κ2) is 10.9. The minimum Gasteiger partial charge on any atom is -0.372 e. The Kier molecular flexibility index (Phi) is 7.88. The Labute approximate surface area is 212 Å². The molecular formula is C30H33BrN2O. The SMILES string of the molecule is CC(C)(CCC(C#N)(c1ccccc1)c1ccccc1)N1CC[C@H](OCc2ccc(Br)cc2)C1. The summed E-state index contributed by atoms with van der Waals surface area (Å²) >= 11 is 3.49. The van der Waals surface area contributed by atoms with Gasteiger partial charge in [0.15, 0.2) is 0 Å². The van der Waals surface area contributed by atoms with E-state index in [1.807, 2.05) is 36.4 Å². The van der Waals surface area contributed by atoms with Gasteiger partial charge in [0, 0.05) is 23.1 Å². The molecule has 0 saturated carbocycles. The van der Waals surface area contributed by atoms with Crippen molar-refractivity contribution in [2.24, 2.45) is 0 Å². The van der Waals surface area contributed by atoms with Crippen molar-refractivity contribution in [3.63, 3.8) is 0 Å². The fourth-order valence-electron chi connectivity index (χ4n) is 4.95. The molecule has 1 fully saturated rings. The molecule has 0 bridgehead atoms. The standard InChI is InChI=1S/C30H33BrN2O/c1-29(2,33-20-17-28(21-33)34-22-24-13-15-27(31)16-14-24)18-19-30(23-32,25-9-5-3-6-10-25)26-11-7-4-8-12-26/h3-16,28H,17-22H2,1-2H3/t28-/m0/s1. The first-order chi connectivity index (χ1) is 16.4. The van der Waals surface area contributed by atoms with Crippen molar-refractivity contribution in [1.29, 1.82) is 5.26 Å². The smallest absolute Gasteiger partial charge is 0.107 e. The Hall–Kier alpha value is -2.45. The lowest BCUT2D eigenvalue weighted by atomic mass is 9.70. The molecule has 4 heteroatoms. The second-order valence-electron chi connectivity index (χ2n) is 9.86. The molecule has 176 valence electrons. The van der Waals surface area contributed by atoms with Crippen molar-refractivity contribution >= 4 is 15.9 Å². The van der Waals surface area contributed by atoms with E-state index in [-0.39, 0.29) is 11.6 Å². The molecule has 0 N–H and O–H groups in total. The molecule has 1 heterocycles. The van der Waals surface area contributed by atoms with Crippen molar-refractivity contribution in [1.82, 2.24) is 4.90 Å². The van der Waals surface area contributed by atoms with E-state index < -0.39 is 5.41 Å². The first-order valence-corrected chi connectivity index (χ1v) is 12.9. The van der Waals surface area contributed by atoms with Crippen molar-refractivity contribution < 1.29 is 4.74 Å². The molecule has 3 nitrogen and oxygen atoms in total. The predicted molar refractivity (Wildman–Crippen MR) is 141 cm³/mol. The summed E-state index contributed by atoms with van der Waals surface area (Å²) in [4.78, 5) is 2.54. The van der Waals surface area contributed by atoms with Crippen LogP contribution in [0.4, 0.5) is 0 Å². The molecule has 0 spiro atoms. The predicted octanol–water partition coefficient (Wildman–Crippen LogP) is 7.11. The maximum atomic E-state index is 10.5. The minimum absolute atomic E-state index is 0.0264. The van der Waals surface area contributed by atoms with Crippen molar-refractivity contribution in [2.45, 2.75) is 56.8 Å². The maximum Gasteiger partial charge on any atom is 0.107 e. The summed E-state index contributed by atoms with van der Waals surface area (Å²) in [6.45, 7) is 7.21. The minimum atomic E-state index is -0.656. The van der Waals surface area contributed by atoms with Gasteiger partial charge in [0.25, 0.3) is 0 Å². The van der Waals surface area contributed by atoms with Crippen LogP contribution in [0.2, 0.25) is 0 Å². The highest BCUT2D eigenvalue weighted by Crippen LogP contribution is 2.39. The summed E-state index contributed by atoms with van der Waals surface area (Å²) in [7, 11) is 0. The lowest BCUT2D eigenvalue weighted by Crippen LogP contribution is -2.44. The number of nitrogens with zero attached hydrogens (tertiary/aromatic N) is 2. The quantitative estimate of drug-likeness (QED) is 0.304. The highest BCUT2D eigenvalue weighted by Gasteiger charge is 2.39. The molecule has 1 aliphatic rings. The number of rotatable bonds is 9. The van der Waals surface area contributed by atoms with Crippen LogP contribution in [0.1, 0.15) is 49.8 Å². The monoisotopic (exact) mass is 516 g/mol. The average Bonchev–Trinajstić information content (AvgIpc) is 3.36. The molecule has 4 rings (SSSR count). The van der Waals surface area contributed by atoms with E-state index in [1.165, 1.54) is 5.56 Å². The molecular weight excluding hydrogens is 484 g/mol. The van der Waals surface area contributed by atoms with Crippen molar-refractivity contribution in [3.05, 3.63) is 106 Å². The van der Waals surface area contributed by atoms with Crippen LogP contribution in [0, 0.1) is 11.3 Å². The Bertz CT molecular complexity index is 1050. The molecule has 1 aliphatic heterocycles. The van der Waals surface area contributed by atoms with E-state index in [0.29, 0.717) is 6.61 Å². The van der Waals surface area contributed by atoms with Crippen LogP contribution in [0.25, 0.3) is 0 Å². The van der Waals surface area contributed by atoms with Gasteiger partial charge in [-0.05, 0) is 61.9 Å². The van der Waals surface area contributed by atoms with Gasteiger partial charge < -0.3 is 4.74 Å². The van der Waals surface area contributed by atoms with Crippen LogP contribution in [-0.4, -0.2) is 29.6 Å². The highest BCUT2D eigenvalue weighted by molar-refractivity contribution is 9.10. The third kappa shape index (κ3) is 5.61. The molecule has 0 radical (unpaired) electrons. The van der Waals surface area contributed by atoms with E-state index in [0.717, 1.165) is 48.0 Å². The highest BCUT2D eigenvalue weighted by atomic mass is 79.9. The zero-order chi connectivity index (χ0) is 24.0. The Morgan fingerprint density at radius 2 is 1.50 bits per heavy atom. The Balaban J connectivity index is 1.43. The van der Waals surface area contributed by atoms with Crippen LogP contribution in [0.5, 0.6) is 0 Å². The van der Waals surface area contributed by atoms with E-state index in [2.05, 4.69) is 89.3 Å². The zero-order valence-corrected chi connectivity index (χ0v) is 21.7. The van der Waals surface area contributed by atoms with Crippen LogP contribution in [0.15, 0.2) is 89.4 Å².